The van der Waals surface area contributed by atoms with Crippen LogP contribution in [0.3, 0.4) is 0 Å². The number of imidazole rings is 1. The first kappa shape index (κ1) is 31.9. The number of aliphatic hydroxyl groups is 2. The van der Waals surface area contributed by atoms with E-state index in [0.29, 0.717) is 17.6 Å². The van der Waals surface area contributed by atoms with Gasteiger partial charge in [-0.05, 0) is 6.42 Å². The van der Waals surface area contributed by atoms with E-state index in [0.717, 1.165) is 19.3 Å². The molecule has 3 rings (SSSR count). The molecule has 1 aliphatic heterocycles. The fraction of sp³-hybridized carbons (Fsp3) is 0.808. The summed E-state index contributed by atoms with van der Waals surface area (Å²) in [7, 11) is -4.52. The van der Waals surface area contributed by atoms with Gasteiger partial charge in [-0.15, -0.1) is 0 Å². The van der Waals surface area contributed by atoms with E-state index < -0.39 is 39.0 Å². The standard InChI is InChI=1S/C26H46N5O7P/c1-2-3-4-5-6-7-8-9-10-11-12-13-14-15-16-36-39(34,35)38-23-22(33)20(17-32)37-26(23)31-19-30-21-24(27)28-18-29-25(21)31/h18-20,22-23,26,32-33H,2-17H2,1H3,(H,34,35)(H2,27,28,29)/t20-,22-,23-,26-/m1/s1. The van der Waals surface area contributed by atoms with Crippen molar-refractivity contribution in [3.8, 4) is 0 Å². The Kier molecular flexibility index (Phi) is 13.5. The van der Waals surface area contributed by atoms with Crippen LogP contribution < -0.4 is 5.73 Å². The number of hydrogen-bond donors (Lipinski definition) is 4. The number of fused-ring (bicyclic) bond motifs is 1. The van der Waals surface area contributed by atoms with Crippen molar-refractivity contribution in [2.45, 2.75) is 121 Å². The van der Waals surface area contributed by atoms with Crippen LogP contribution in [0.2, 0.25) is 0 Å². The zero-order chi connectivity index (χ0) is 28.1. The summed E-state index contributed by atoms with van der Waals surface area (Å²) in [6.07, 6.45) is 14.7. The van der Waals surface area contributed by atoms with Crippen LogP contribution in [-0.4, -0.2) is 66.2 Å². The number of phosphoric ester groups is 1. The van der Waals surface area contributed by atoms with Gasteiger partial charge in [0.15, 0.2) is 17.7 Å². The fourth-order valence-electron chi connectivity index (χ4n) is 4.92. The van der Waals surface area contributed by atoms with E-state index in [1.54, 1.807) is 0 Å². The zero-order valence-electron chi connectivity index (χ0n) is 23.1. The molecule has 0 spiro atoms. The van der Waals surface area contributed by atoms with Crippen LogP contribution in [0, 0.1) is 0 Å². The van der Waals surface area contributed by atoms with Gasteiger partial charge in [0.1, 0.15) is 30.2 Å². The number of ether oxygens (including phenoxy) is 1. The minimum absolute atomic E-state index is 0.0569. The van der Waals surface area contributed by atoms with Gasteiger partial charge < -0.3 is 25.6 Å². The summed E-state index contributed by atoms with van der Waals surface area (Å²) in [4.78, 5) is 22.5. The molecule has 1 aliphatic rings. The van der Waals surface area contributed by atoms with Crippen molar-refractivity contribution in [2.75, 3.05) is 18.9 Å². The summed E-state index contributed by atoms with van der Waals surface area (Å²) >= 11 is 0. The molecule has 12 nitrogen and oxygen atoms in total. The van der Waals surface area contributed by atoms with Crippen LogP contribution in [-0.2, 0) is 18.3 Å². The SMILES string of the molecule is CCCCCCCCCCCCCCCCOP(=O)(O)O[C@@H]1[C@H](O)[C@@H](CO)O[C@H]1n1cnc2c(N)ncnc21. The van der Waals surface area contributed by atoms with Gasteiger partial charge >= 0.3 is 7.82 Å². The Morgan fingerprint density at radius 1 is 0.974 bits per heavy atom. The summed E-state index contributed by atoms with van der Waals surface area (Å²) < 4.78 is 30.4. The third-order valence-electron chi connectivity index (χ3n) is 7.16. The lowest BCUT2D eigenvalue weighted by Gasteiger charge is -2.24. The number of unbranched alkanes of at least 4 members (excludes halogenated alkanes) is 13. The van der Waals surface area contributed by atoms with E-state index in [1.165, 1.54) is 81.4 Å². The van der Waals surface area contributed by atoms with E-state index in [1.807, 2.05) is 0 Å². The Morgan fingerprint density at radius 3 is 2.15 bits per heavy atom. The predicted octanol–water partition coefficient (Wildman–Crippen LogP) is 4.64. The third-order valence-corrected chi connectivity index (χ3v) is 8.18. The highest BCUT2D eigenvalue weighted by Gasteiger charge is 2.49. The van der Waals surface area contributed by atoms with Gasteiger partial charge in [-0.3, -0.25) is 13.6 Å². The second kappa shape index (κ2) is 16.6. The largest absolute Gasteiger partial charge is 0.472 e. The lowest BCUT2D eigenvalue weighted by molar-refractivity contribution is -0.0513. The molecule has 0 aromatic carbocycles. The number of anilines is 1. The van der Waals surface area contributed by atoms with E-state index >= 15 is 0 Å². The number of phosphoric acid groups is 1. The van der Waals surface area contributed by atoms with E-state index in [4.69, 9.17) is 19.5 Å². The molecule has 222 valence electrons. The molecule has 0 radical (unpaired) electrons. The fourth-order valence-corrected chi connectivity index (χ4v) is 5.88. The number of nitrogen functional groups attached to an aromatic ring is 1. The Hall–Kier alpha value is -1.66. The molecule has 0 aliphatic carbocycles. The molecule has 3 heterocycles. The normalized spacial score (nSPS) is 23.0. The van der Waals surface area contributed by atoms with Gasteiger partial charge in [-0.25, -0.2) is 19.5 Å². The molecule has 1 fully saturated rings. The van der Waals surface area contributed by atoms with Crippen LogP contribution in [0.4, 0.5) is 5.82 Å². The number of aliphatic hydroxyl groups excluding tert-OH is 2. The maximum atomic E-state index is 12.7. The lowest BCUT2D eigenvalue weighted by Crippen LogP contribution is -2.35. The smallest absolute Gasteiger partial charge is 0.394 e. The summed E-state index contributed by atoms with van der Waals surface area (Å²) in [5.74, 6) is 0.151. The molecule has 5 atom stereocenters. The first-order valence-corrected chi connectivity index (χ1v) is 15.9. The Labute approximate surface area is 230 Å². The topological polar surface area (TPSA) is 175 Å². The van der Waals surface area contributed by atoms with E-state index in [2.05, 4.69) is 21.9 Å². The summed E-state index contributed by atoms with van der Waals surface area (Å²) in [6.45, 7) is 1.78. The molecule has 13 heteroatoms. The van der Waals surface area contributed by atoms with E-state index in [9.17, 15) is 19.7 Å². The van der Waals surface area contributed by atoms with Crippen molar-refractivity contribution >= 4 is 24.8 Å². The number of hydrogen-bond acceptors (Lipinski definition) is 10. The van der Waals surface area contributed by atoms with Crippen LogP contribution >= 0.6 is 7.82 Å². The Morgan fingerprint density at radius 2 is 1.56 bits per heavy atom. The Bertz CT molecular complexity index is 1030. The lowest BCUT2D eigenvalue weighted by atomic mass is 10.0. The van der Waals surface area contributed by atoms with Gasteiger partial charge in [0.2, 0.25) is 0 Å². The van der Waals surface area contributed by atoms with Crippen molar-refractivity contribution in [1.29, 1.82) is 0 Å². The van der Waals surface area contributed by atoms with Gasteiger partial charge in [-0.2, -0.15) is 0 Å². The highest BCUT2D eigenvalue weighted by atomic mass is 31.2. The molecule has 2 aromatic heterocycles. The van der Waals surface area contributed by atoms with E-state index in [-0.39, 0.29) is 12.4 Å². The molecule has 0 saturated carbocycles. The number of rotatable bonds is 20. The van der Waals surface area contributed by atoms with Crippen LogP contribution in [0.5, 0.6) is 0 Å². The summed E-state index contributed by atoms with van der Waals surface area (Å²) in [5.41, 5.74) is 6.44. The quantitative estimate of drug-likeness (QED) is 0.129. The van der Waals surface area contributed by atoms with Gasteiger partial charge in [0, 0.05) is 0 Å². The zero-order valence-corrected chi connectivity index (χ0v) is 24.0. The molecular weight excluding hydrogens is 525 g/mol. The van der Waals surface area contributed by atoms with Crippen LogP contribution in [0.25, 0.3) is 11.2 Å². The van der Waals surface area contributed by atoms with Crippen molar-refractivity contribution in [3.05, 3.63) is 12.7 Å². The van der Waals surface area contributed by atoms with Gasteiger partial charge in [0.05, 0.1) is 19.5 Å². The first-order valence-electron chi connectivity index (χ1n) is 14.4. The molecular formula is C26H46N5O7P. The minimum atomic E-state index is -4.52. The van der Waals surface area contributed by atoms with Crippen LogP contribution in [0.15, 0.2) is 12.7 Å². The van der Waals surface area contributed by atoms with Gasteiger partial charge in [-0.1, -0.05) is 90.4 Å². The van der Waals surface area contributed by atoms with Gasteiger partial charge in [0.25, 0.3) is 0 Å². The number of aromatic nitrogens is 4. The molecule has 1 unspecified atom stereocenters. The molecule has 2 aromatic rings. The van der Waals surface area contributed by atoms with Crippen LogP contribution in [0.1, 0.15) is 103 Å². The second-order valence-electron chi connectivity index (χ2n) is 10.3. The predicted molar refractivity (Wildman–Crippen MR) is 148 cm³/mol. The molecule has 0 bridgehead atoms. The second-order valence-corrected chi connectivity index (χ2v) is 11.7. The first-order chi connectivity index (χ1) is 18.9. The van der Waals surface area contributed by atoms with Crippen molar-refractivity contribution < 1.29 is 33.5 Å². The highest BCUT2D eigenvalue weighted by Crippen LogP contribution is 2.49. The number of nitrogens with two attached hydrogens (primary N) is 1. The third kappa shape index (κ3) is 9.74. The average molecular weight is 572 g/mol. The molecule has 5 N–H and O–H groups in total. The van der Waals surface area contributed by atoms with Crippen molar-refractivity contribution in [3.63, 3.8) is 0 Å². The molecule has 0 amide bonds. The van der Waals surface area contributed by atoms with Crippen molar-refractivity contribution in [1.82, 2.24) is 19.5 Å². The highest BCUT2D eigenvalue weighted by molar-refractivity contribution is 7.47. The maximum Gasteiger partial charge on any atom is 0.472 e. The minimum Gasteiger partial charge on any atom is -0.394 e. The van der Waals surface area contributed by atoms with Crippen molar-refractivity contribution in [2.24, 2.45) is 0 Å². The Balaban J connectivity index is 1.35. The molecule has 39 heavy (non-hydrogen) atoms. The number of nitrogens with zero attached hydrogens (tertiary/aromatic N) is 4. The maximum absolute atomic E-state index is 12.7. The average Bonchev–Trinajstić information content (AvgIpc) is 3.48. The molecule has 1 saturated heterocycles. The summed E-state index contributed by atoms with van der Waals surface area (Å²) in [5, 5.41) is 20.2. The summed E-state index contributed by atoms with van der Waals surface area (Å²) in [6, 6.07) is 0. The monoisotopic (exact) mass is 571 g/mol.